The summed E-state index contributed by atoms with van der Waals surface area (Å²) in [4.78, 5) is 19.0. The Morgan fingerprint density at radius 2 is 1.78 bits per heavy atom. The van der Waals surface area contributed by atoms with Crippen molar-refractivity contribution in [3.8, 4) is 17.1 Å². The zero-order chi connectivity index (χ0) is 22.8. The predicted molar refractivity (Wildman–Crippen MR) is 133 cm³/mol. The molecule has 0 saturated carbocycles. The van der Waals surface area contributed by atoms with E-state index >= 15 is 0 Å². The van der Waals surface area contributed by atoms with E-state index in [4.69, 9.17) is 10.5 Å². The minimum atomic E-state index is -0.106. The lowest BCUT2D eigenvalue weighted by Crippen LogP contribution is -2.33. The summed E-state index contributed by atoms with van der Waals surface area (Å²) < 4.78 is 5.88. The Labute approximate surface area is 195 Å². The number of hydrogen-bond acceptors (Lipinski definition) is 6. The quantitative estimate of drug-likeness (QED) is 0.390. The third kappa shape index (κ3) is 7.00. The highest BCUT2D eigenvalue weighted by atomic mass is 32.1. The first-order chi connectivity index (χ1) is 15.6. The second-order valence-corrected chi connectivity index (χ2v) is 7.94. The standard InChI is InChI=1S/C25H30N4O2S/c1-29(15-14-19-8-4-2-5-9-19)24(30)17-31-25-23(27-16-21(26)18-32)13-12-22(28-25)20-10-6-3-7-11-20/h2-13,21,27,32H,14-18,26H2,1H3. The maximum Gasteiger partial charge on any atom is 0.260 e. The highest BCUT2D eigenvalue weighted by Crippen LogP contribution is 2.27. The summed E-state index contributed by atoms with van der Waals surface area (Å²) in [5.41, 5.74) is 9.61. The van der Waals surface area contributed by atoms with Crippen molar-refractivity contribution in [1.82, 2.24) is 9.88 Å². The van der Waals surface area contributed by atoms with Crippen LogP contribution in [-0.2, 0) is 11.2 Å². The molecule has 0 fully saturated rings. The van der Waals surface area contributed by atoms with Gasteiger partial charge in [0.05, 0.1) is 11.4 Å². The Morgan fingerprint density at radius 3 is 2.47 bits per heavy atom. The van der Waals surface area contributed by atoms with Crippen molar-refractivity contribution < 1.29 is 9.53 Å². The second-order valence-electron chi connectivity index (χ2n) is 7.58. The molecule has 1 atom stereocenters. The van der Waals surface area contributed by atoms with Crippen LogP contribution in [0.5, 0.6) is 5.88 Å². The summed E-state index contributed by atoms with van der Waals surface area (Å²) in [7, 11) is 1.79. The van der Waals surface area contributed by atoms with E-state index in [-0.39, 0.29) is 18.6 Å². The zero-order valence-corrected chi connectivity index (χ0v) is 19.2. The maximum absolute atomic E-state index is 12.6. The van der Waals surface area contributed by atoms with Gasteiger partial charge >= 0.3 is 0 Å². The SMILES string of the molecule is CN(CCc1ccccc1)C(=O)COc1nc(-c2ccccc2)ccc1NCC(N)CS. The molecule has 6 nitrogen and oxygen atoms in total. The highest BCUT2D eigenvalue weighted by molar-refractivity contribution is 7.80. The van der Waals surface area contributed by atoms with Crippen molar-refractivity contribution in [3.63, 3.8) is 0 Å². The van der Waals surface area contributed by atoms with E-state index in [2.05, 4.69) is 35.1 Å². The molecule has 3 N–H and O–H groups in total. The van der Waals surface area contributed by atoms with E-state index in [1.165, 1.54) is 5.56 Å². The Morgan fingerprint density at radius 1 is 1.09 bits per heavy atom. The van der Waals surface area contributed by atoms with Crippen LogP contribution in [0.4, 0.5) is 5.69 Å². The monoisotopic (exact) mass is 450 g/mol. The lowest BCUT2D eigenvalue weighted by atomic mass is 10.1. The van der Waals surface area contributed by atoms with E-state index in [0.29, 0.717) is 30.4 Å². The van der Waals surface area contributed by atoms with Gasteiger partial charge in [-0.05, 0) is 24.1 Å². The Balaban J connectivity index is 1.67. The van der Waals surface area contributed by atoms with Crippen LogP contribution in [0.15, 0.2) is 72.8 Å². The van der Waals surface area contributed by atoms with Gasteiger partial charge in [-0.2, -0.15) is 12.6 Å². The number of amides is 1. The van der Waals surface area contributed by atoms with Crippen molar-refractivity contribution in [3.05, 3.63) is 78.4 Å². The number of carbonyl (C=O) groups is 1. The van der Waals surface area contributed by atoms with Crippen LogP contribution >= 0.6 is 12.6 Å². The van der Waals surface area contributed by atoms with E-state index in [0.717, 1.165) is 17.7 Å². The van der Waals surface area contributed by atoms with Crippen LogP contribution in [0.25, 0.3) is 11.3 Å². The van der Waals surface area contributed by atoms with Crippen molar-refractivity contribution >= 4 is 24.2 Å². The molecule has 1 amide bonds. The molecule has 0 radical (unpaired) electrons. The van der Waals surface area contributed by atoms with Crippen LogP contribution in [0.2, 0.25) is 0 Å². The number of nitrogens with one attached hydrogen (secondary N) is 1. The number of nitrogens with zero attached hydrogens (tertiary/aromatic N) is 2. The van der Waals surface area contributed by atoms with Crippen LogP contribution in [0, 0.1) is 0 Å². The predicted octanol–water partition coefficient (Wildman–Crippen LogP) is 3.50. The zero-order valence-electron chi connectivity index (χ0n) is 18.3. The van der Waals surface area contributed by atoms with Gasteiger partial charge in [-0.3, -0.25) is 4.79 Å². The molecule has 0 spiro atoms. The normalized spacial score (nSPS) is 11.6. The molecule has 0 saturated heterocycles. The fraction of sp³-hybridized carbons (Fsp3) is 0.280. The minimum absolute atomic E-state index is 0.0934. The molecular formula is C25H30N4O2S. The van der Waals surface area contributed by atoms with Crippen LogP contribution in [0.3, 0.4) is 0 Å². The number of anilines is 1. The number of hydrogen-bond donors (Lipinski definition) is 3. The minimum Gasteiger partial charge on any atom is -0.466 e. The van der Waals surface area contributed by atoms with Crippen molar-refractivity contribution in [2.75, 3.05) is 37.8 Å². The number of nitrogens with two attached hydrogens (primary N) is 1. The van der Waals surface area contributed by atoms with Crippen LogP contribution in [0.1, 0.15) is 5.56 Å². The summed E-state index contributed by atoms with van der Waals surface area (Å²) in [5, 5.41) is 3.26. The van der Waals surface area contributed by atoms with E-state index in [1.54, 1.807) is 11.9 Å². The van der Waals surface area contributed by atoms with Gasteiger partial charge in [0, 0.05) is 37.5 Å². The molecule has 1 heterocycles. The Hall–Kier alpha value is -3.03. The number of carbonyl (C=O) groups excluding carboxylic acids is 1. The fourth-order valence-electron chi connectivity index (χ4n) is 3.07. The average Bonchev–Trinajstić information content (AvgIpc) is 2.85. The van der Waals surface area contributed by atoms with Crippen molar-refractivity contribution in [1.29, 1.82) is 0 Å². The number of likely N-dealkylation sites (N-methyl/N-ethyl adjacent to an activating group) is 1. The van der Waals surface area contributed by atoms with Gasteiger partial charge in [-0.25, -0.2) is 4.98 Å². The number of ether oxygens (including phenoxy) is 1. The van der Waals surface area contributed by atoms with Gasteiger partial charge in [0.1, 0.15) is 0 Å². The molecule has 2 aromatic carbocycles. The first-order valence-corrected chi connectivity index (χ1v) is 11.3. The maximum atomic E-state index is 12.6. The first-order valence-electron chi connectivity index (χ1n) is 10.6. The number of thiol groups is 1. The van der Waals surface area contributed by atoms with Gasteiger partial charge in [0.25, 0.3) is 5.91 Å². The number of rotatable bonds is 11. The van der Waals surface area contributed by atoms with E-state index < -0.39 is 0 Å². The van der Waals surface area contributed by atoms with Gasteiger partial charge < -0.3 is 20.7 Å². The topological polar surface area (TPSA) is 80.5 Å². The molecule has 0 aliphatic rings. The molecule has 1 aromatic heterocycles. The lowest BCUT2D eigenvalue weighted by molar-refractivity contribution is -0.132. The summed E-state index contributed by atoms with van der Waals surface area (Å²) >= 11 is 4.23. The molecule has 168 valence electrons. The summed E-state index contributed by atoms with van der Waals surface area (Å²) in [5.74, 6) is 0.831. The Bertz CT molecular complexity index is 986. The van der Waals surface area contributed by atoms with Gasteiger partial charge in [0.15, 0.2) is 6.61 Å². The summed E-state index contributed by atoms with van der Waals surface area (Å²) in [6.07, 6.45) is 0.791. The van der Waals surface area contributed by atoms with Crippen molar-refractivity contribution in [2.24, 2.45) is 5.73 Å². The molecule has 3 rings (SSSR count). The molecule has 0 aliphatic heterocycles. The van der Waals surface area contributed by atoms with Gasteiger partial charge in [0.2, 0.25) is 5.88 Å². The average molecular weight is 451 g/mol. The molecule has 7 heteroatoms. The second kappa shape index (κ2) is 12.1. The molecule has 0 bridgehead atoms. The van der Waals surface area contributed by atoms with Gasteiger partial charge in [-0.15, -0.1) is 0 Å². The summed E-state index contributed by atoms with van der Waals surface area (Å²) in [6, 6.07) is 23.7. The molecule has 32 heavy (non-hydrogen) atoms. The number of aromatic nitrogens is 1. The molecule has 1 unspecified atom stereocenters. The van der Waals surface area contributed by atoms with Gasteiger partial charge in [-0.1, -0.05) is 60.7 Å². The smallest absolute Gasteiger partial charge is 0.260 e. The number of benzene rings is 2. The lowest BCUT2D eigenvalue weighted by Gasteiger charge is -2.19. The highest BCUT2D eigenvalue weighted by Gasteiger charge is 2.14. The van der Waals surface area contributed by atoms with Crippen molar-refractivity contribution in [2.45, 2.75) is 12.5 Å². The van der Waals surface area contributed by atoms with Crippen LogP contribution < -0.4 is 15.8 Å². The van der Waals surface area contributed by atoms with E-state index in [9.17, 15) is 4.79 Å². The Kier molecular flexibility index (Phi) is 8.95. The third-order valence-corrected chi connectivity index (χ3v) is 5.52. The fourth-order valence-corrected chi connectivity index (χ4v) is 3.20. The molecule has 3 aromatic rings. The number of pyridine rings is 1. The molecule has 0 aliphatic carbocycles. The molecular weight excluding hydrogens is 420 g/mol. The first kappa shape index (κ1) is 23.6. The third-order valence-electron chi connectivity index (χ3n) is 5.06. The van der Waals surface area contributed by atoms with E-state index in [1.807, 2.05) is 60.7 Å². The summed E-state index contributed by atoms with van der Waals surface area (Å²) in [6.45, 7) is 1.05. The largest absolute Gasteiger partial charge is 0.466 e. The van der Waals surface area contributed by atoms with Crippen LogP contribution in [-0.4, -0.2) is 54.3 Å².